The largest absolute Gasteiger partial charge is 0.419 e. The first-order valence-electron chi connectivity index (χ1n) is 14.8. The normalized spacial score (nSPS) is 12.2. The highest BCUT2D eigenvalue weighted by Crippen LogP contribution is 2.36. The summed E-state index contributed by atoms with van der Waals surface area (Å²) in [6.45, 7) is 1.56. The molecule has 6 aromatic heterocycles. The molecule has 0 atom stereocenters. The van der Waals surface area contributed by atoms with Gasteiger partial charge in [-0.15, -0.1) is 0 Å². The molecule has 0 saturated carbocycles. The number of nitrogen functional groups attached to an aromatic ring is 2. The Labute approximate surface area is 298 Å². The maximum absolute atomic E-state index is 13.2. The molecule has 0 aliphatic rings. The number of anilines is 2. The van der Waals surface area contributed by atoms with Crippen molar-refractivity contribution >= 4 is 48.7 Å². The number of hydrogen-bond donors (Lipinski definition) is 2. The van der Waals surface area contributed by atoms with E-state index in [1.165, 1.54) is 39.6 Å². The molecule has 0 bridgehead atoms. The summed E-state index contributed by atoms with van der Waals surface area (Å²) in [7, 11) is -3.34. The Morgan fingerprint density at radius 1 is 0.654 bits per heavy atom. The molecule has 12 nitrogen and oxygen atoms in total. The fourth-order valence-corrected chi connectivity index (χ4v) is 6.16. The lowest BCUT2D eigenvalue weighted by Crippen LogP contribution is -2.10. The second-order valence-electron chi connectivity index (χ2n) is 10.9. The van der Waals surface area contributed by atoms with E-state index in [1.807, 2.05) is 0 Å². The zero-order valence-electron chi connectivity index (χ0n) is 26.4. The van der Waals surface area contributed by atoms with Crippen LogP contribution in [0.25, 0.3) is 45.1 Å². The summed E-state index contributed by atoms with van der Waals surface area (Å²) in [4.78, 5) is 15.8. The summed E-state index contributed by atoms with van der Waals surface area (Å²) < 4.78 is 106. The van der Waals surface area contributed by atoms with Gasteiger partial charge in [0.05, 0.1) is 51.3 Å². The first kappa shape index (κ1) is 36.2. The van der Waals surface area contributed by atoms with E-state index in [1.54, 1.807) is 49.6 Å². The Bertz CT molecular complexity index is 2550. The zero-order valence-corrected chi connectivity index (χ0v) is 28.8. The van der Waals surface area contributed by atoms with E-state index in [-0.39, 0.29) is 27.5 Å². The van der Waals surface area contributed by atoms with Crippen LogP contribution in [0.5, 0.6) is 0 Å². The Morgan fingerprint density at radius 3 is 1.63 bits per heavy atom. The van der Waals surface area contributed by atoms with Gasteiger partial charge in [-0.05, 0) is 64.5 Å². The smallest absolute Gasteiger partial charge is 0.383 e. The fourth-order valence-electron chi connectivity index (χ4n) is 4.91. The highest BCUT2D eigenvalue weighted by molar-refractivity contribution is 9.10. The summed E-state index contributed by atoms with van der Waals surface area (Å²) in [5, 5.41) is 8.63. The van der Waals surface area contributed by atoms with Gasteiger partial charge in [-0.25, -0.2) is 37.4 Å². The standard InChI is InChI=1S/C20H16F3N5O2S.C12H7BrF3N5/c1-2-31(29,30)14-5-3-12(4-6-14)17-11-25-18-8-7-16(27-28(17)18)13-9-15(20(21,22)23)19(24)26-10-13;13-9-5-18-10-2-1-8(20-21(9)10)6-3-7(12(14,15)16)11(17)19-4-6/h3-11H,2H2,1H3,(H2,24,26);1-5H,(H2,17,19). The molecule has 20 heteroatoms. The van der Waals surface area contributed by atoms with Crippen molar-refractivity contribution in [2.24, 2.45) is 0 Å². The minimum absolute atomic E-state index is 0.0115. The molecular formula is C32H23BrF6N10O2S. The van der Waals surface area contributed by atoms with Crippen molar-refractivity contribution in [1.29, 1.82) is 0 Å². The summed E-state index contributed by atoms with van der Waals surface area (Å²) in [5.41, 5.74) is 11.8. The molecule has 0 saturated heterocycles. The molecular weight excluding hydrogens is 782 g/mol. The molecule has 0 spiro atoms. The monoisotopic (exact) mass is 804 g/mol. The molecule has 0 aliphatic carbocycles. The first-order chi connectivity index (χ1) is 24.5. The quantitative estimate of drug-likeness (QED) is 0.173. The molecule has 0 amide bonds. The van der Waals surface area contributed by atoms with Crippen LogP contribution in [0.3, 0.4) is 0 Å². The number of hydrogen-bond acceptors (Lipinski definition) is 10. The van der Waals surface area contributed by atoms with E-state index < -0.39 is 45.0 Å². The number of aromatic nitrogens is 8. The maximum Gasteiger partial charge on any atom is 0.419 e. The van der Waals surface area contributed by atoms with E-state index in [4.69, 9.17) is 11.5 Å². The average Bonchev–Trinajstić information content (AvgIpc) is 3.70. The van der Waals surface area contributed by atoms with Crippen molar-refractivity contribution in [3.8, 4) is 33.8 Å². The molecule has 0 fully saturated rings. The van der Waals surface area contributed by atoms with Gasteiger partial charge in [-0.1, -0.05) is 19.1 Å². The number of nitrogens with two attached hydrogens (primary N) is 2. The lowest BCUT2D eigenvalue weighted by Gasteiger charge is -2.11. The first-order valence-corrected chi connectivity index (χ1v) is 17.2. The van der Waals surface area contributed by atoms with Crippen LogP contribution in [-0.4, -0.2) is 53.3 Å². The van der Waals surface area contributed by atoms with Gasteiger partial charge in [0, 0.05) is 29.1 Å². The third-order valence-corrected chi connectivity index (χ3v) is 9.90. The van der Waals surface area contributed by atoms with Gasteiger partial charge in [0.1, 0.15) is 16.2 Å². The van der Waals surface area contributed by atoms with E-state index in [0.717, 1.165) is 12.1 Å². The van der Waals surface area contributed by atoms with Crippen molar-refractivity contribution < 1.29 is 34.8 Å². The van der Waals surface area contributed by atoms with Crippen LogP contribution in [0, 0.1) is 0 Å². The lowest BCUT2D eigenvalue weighted by atomic mass is 10.1. The van der Waals surface area contributed by atoms with Crippen molar-refractivity contribution in [2.75, 3.05) is 17.2 Å². The van der Waals surface area contributed by atoms with E-state index in [9.17, 15) is 34.8 Å². The van der Waals surface area contributed by atoms with E-state index in [2.05, 4.69) is 46.1 Å². The Balaban J connectivity index is 0.000000192. The molecule has 0 aliphatic heterocycles. The number of nitrogens with zero attached hydrogens (tertiary/aromatic N) is 8. The molecule has 52 heavy (non-hydrogen) atoms. The number of halogens is 7. The van der Waals surface area contributed by atoms with Crippen LogP contribution >= 0.6 is 15.9 Å². The van der Waals surface area contributed by atoms with Gasteiger partial charge in [0.25, 0.3) is 0 Å². The van der Waals surface area contributed by atoms with Gasteiger partial charge in [0.2, 0.25) is 0 Å². The van der Waals surface area contributed by atoms with Gasteiger partial charge < -0.3 is 11.5 Å². The van der Waals surface area contributed by atoms with Crippen molar-refractivity contribution in [3.05, 3.63) is 101 Å². The molecule has 0 unspecified atom stereocenters. The minimum atomic E-state index is -4.64. The number of fused-ring (bicyclic) bond motifs is 2. The van der Waals surface area contributed by atoms with Crippen LogP contribution in [0.4, 0.5) is 38.0 Å². The SMILES string of the molecule is CCS(=O)(=O)c1ccc(-c2cnc3ccc(-c4cnc(N)c(C(F)(F)F)c4)nn23)cc1.Nc1ncc(-c2ccc3ncc(Br)n3n2)cc1C(F)(F)F. The number of imidazole rings is 2. The Kier molecular flexibility index (Phi) is 9.38. The number of sulfone groups is 1. The van der Waals surface area contributed by atoms with Crippen molar-refractivity contribution in [3.63, 3.8) is 0 Å². The van der Waals surface area contributed by atoms with Crippen molar-refractivity contribution in [1.82, 2.24) is 39.2 Å². The highest BCUT2D eigenvalue weighted by atomic mass is 79.9. The Morgan fingerprint density at radius 2 is 1.13 bits per heavy atom. The summed E-state index contributed by atoms with van der Waals surface area (Å²) in [5.74, 6) is -1.18. The predicted molar refractivity (Wildman–Crippen MR) is 182 cm³/mol. The van der Waals surface area contributed by atoms with Crippen LogP contribution in [0.1, 0.15) is 18.1 Å². The maximum atomic E-state index is 13.2. The number of pyridine rings is 2. The third kappa shape index (κ3) is 7.24. The van der Waals surface area contributed by atoms with E-state index >= 15 is 0 Å². The summed E-state index contributed by atoms with van der Waals surface area (Å²) in [6.07, 6.45) is -3.62. The molecule has 7 rings (SSSR count). The predicted octanol–water partition coefficient (Wildman–Crippen LogP) is 7.01. The second-order valence-corrected chi connectivity index (χ2v) is 14.0. The zero-order chi connectivity index (χ0) is 37.6. The lowest BCUT2D eigenvalue weighted by molar-refractivity contribution is -0.137. The van der Waals surface area contributed by atoms with E-state index in [0.29, 0.717) is 32.8 Å². The van der Waals surface area contributed by atoms with Crippen molar-refractivity contribution in [2.45, 2.75) is 24.2 Å². The molecule has 1 aromatic carbocycles. The molecule has 4 N–H and O–H groups in total. The third-order valence-electron chi connectivity index (χ3n) is 7.61. The van der Waals surface area contributed by atoms with Crippen LogP contribution in [-0.2, 0) is 22.2 Å². The number of rotatable bonds is 5. The Hall–Kier alpha value is -5.63. The van der Waals surface area contributed by atoms with Gasteiger partial charge in [0.15, 0.2) is 21.1 Å². The summed E-state index contributed by atoms with van der Waals surface area (Å²) in [6, 6.07) is 14.5. The molecule has 7 aromatic rings. The van der Waals surface area contributed by atoms with Crippen LogP contribution < -0.4 is 11.5 Å². The molecule has 6 heterocycles. The topological polar surface area (TPSA) is 172 Å². The van der Waals surface area contributed by atoms with Gasteiger partial charge in [-0.3, -0.25) is 0 Å². The van der Waals surface area contributed by atoms with Crippen LogP contribution in [0.2, 0.25) is 0 Å². The summed E-state index contributed by atoms with van der Waals surface area (Å²) >= 11 is 3.25. The number of alkyl halides is 6. The van der Waals surface area contributed by atoms with Gasteiger partial charge >= 0.3 is 12.4 Å². The minimum Gasteiger partial charge on any atom is -0.383 e. The molecule has 0 radical (unpaired) electrons. The number of benzene rings is 1. The highest BCUT2D eigenvalue weighted by Gasteiger charge is 2.35. The van der Waals surface area contributed by atoms with Crippen LogP contribution in [0.15, 0.2) is 94.9 Å². The second kappa shape index (κ2) is 13.5. The van der Waals surface area contributed by atoms with Gasteiger partial charge in [-0.2, -0.15) is 36.5 Å². The fraction of sp³-hybridized carbons (Fsp3) is 0.125. The average molecular weight is 806 g/mol. The molecule has 268 valence electrons.